The fraction of sp³-hybridized carbons (Fsp3) is 0.450. The Morgan fingerprint density at radius 3 is 2.62 bits per heavy atom. The number of nitrogens with zero attached hydrogens (tertiary/aromatic N) is 2. The summed E-state index contributed by atoms with van der Waals surface area (Å²) < 4.78 is 1.89. The minimum atomic E-state index is -0.202. The summed E-state index contributed by atoms with van der Waals surface area (Å²) in [5.74, 6) is -0.262. The molecule has 0 saturated carbocycles. The summed E-state index contributed by atoms with van der Waals surface area (Å²) in [5, 5.41) is 10.2. The van der Waals surface area contributed by atoms with Crippen molar-refractivity contribution in [1.29, 1.82) is 0 Å². The lowest BCUT2D eigenvalue weighted by Crippen LogP contribution is -2.34. The van der Waals surface area contributed by atoms with E-state index in [1.165, 1.54) is 5.56 Å². The van der Waals surface area contributed by atoms with E-state index in [1.807, 2.05) is 49.7 Å². The molecule has 3 rings (SSSR count). The number of rotatable bonds is 6. The number of hydrogen-bond acceptors (Lipinski definition) is 3. The highest BCUT2D eigenvalue weighted by molar-refractivity contribution is 5.94. The van der Waals surface area contributed by atoms with Gasteiger partial charge in [-0.2, -0.15) is 5.10 Å². The predicted octanol–water partition coefficient (Wildman–Crippen LogP) is 2.31. The number of benzene rings is 1. The van der Waals surface area contributed by atoms with Crippen molar-refractivity contribution >= 4 is 11.8 Å². The topological polar surface area (TPSA) is 76.0 Å². The van der Waals surface area contributed by atoms with Gasteiger partial charge in [0, 0.05) is 30.3 Å². The zero-order valence-electron chi connectivity index (χ0n) is 15.6. The molecule has 0 saturated heterocycles. The SMILES string of the molecule is Cc1ccc(-n2nc(C(=O)NCCC(=O)NC(C)C)c3c2CCC3)cc1. The van der Waals surface area contributed by atoms with E-state index in [0.717, 1.165) is 36.2 Å². The molecule has 2 amide bonds. The van der Waals surface area contributed by atoms with Crippen LogP contribution in [0.4, 0.5) is 0 Å². The highest BCUT2D eigenvalue weighted by atomic mass is 16.2. The summed E-state index contributed by atoms with van der Waals surface area (Å²) in [6.45, 7) is 6.18. The molecule has 2 N–H and O–H groups in total. The van der Waals surface area contributed by atoms with Crippen molar-refractivity contribution in [1.82, 2.24) is 20.4 Å². The molecule has 26 heavy (non-hydrogen) atoms. The molecular formula is C20H26N4O2. The van der Waals surface area contributed by atoms with Crippen LogP contribution in [0.2, 0.25) is 0 Å². The van der Waals surface area contributed by atoms with Gasteiger partial charge in [-0.3, -0.25) is 9.59 Å². The van der Waals surface area contributed by atoms with Gasteiger partial charge in [-0.15, -0.1) is 0 Å². The van der Waals surface area contributed by atoms with Gasteiger partial charge in [0.25, 0.3) is 5.91 Å². The average molecular weight is 354 g/mol. The molecule has 0 atom stereocenters. The van der Waals surface area contributed by atoms with Gasteiger partial charge in [0.15, 0.2) is 5.69 Å². The van der Waals surface area contributed by atoms with E-state index in [1.54, 1.807) is 0 Å². The van der Waals surface area contributed by atoms with Crippen LogP contribution in [0.15, 0.2) is 24.3 Å². The minimum Gasteiger partial charge on any atom is -0.354 e. The fourth-order valence-electron chi connectivity index (χ4n) is 3.29. The van der Waals surface area contributed by atoms with Crippen LogP contribution in [0.1, 0.15) is 54.0 Å². The molecule has 0 fully saturated rings. The molecule has 1 heterocycles. The molecule has 0 bridgehead atoms. The van der Waals surface area contributed by atoms with Gasteiger partial charge in [-0.05, 0) is 52.2 Å². The third-order valence-electron chi connectivity index (χ3n) is 4.51. The van der Waals surface area contributed by atoms with E-state index in [4.69, 9.17) is 0 Å². The molecule has 0 spiro atoms. The smallest absolute Gasteiger partial charge is 0.272 e. The molecule has 6 heteroatoms. The van der Waals surface area contributed by atoms with E-state index < -0.39 is 0 Å². The van der Waals surface area contributed by atoms with Crippen molar-refractivity contribution < 1.29 is 9.59 Å². The molecule has 2 aromatic rings. The molecule has 138 valence electrons. The van der Waals surface area contributed by atoms with Crippen LogP contribution in [0.5, 0.6) is 0 Å². The first-order valence-corrected chi connectivity index (χ1v) is 9.21. The molecule has 1 aliphatic carbocycles. The lowest BCUT2D eigenvalue weighted by molar-refractivity contribution is -0.121. The largest absolute Gasteiger partial charge is 0.354 e. The number of nitrogens with one attached hydrogen (secondary N) is 2. The van der Waals surface area contributed by atoms with Crippen LogP contribution >= 0.6 is 0 Å². The molecule has 1 aromatic heterocycles. The number of amides is 2. The van der Waals surface area contributed by atoms with Crippen molar-refractivity contribution in [3.05, 3.63) is 46.8 Å². The zero-order valence-corrected chi connectivity index (χ0v) is 15.6. The van der Waals surface area contributed by atoms with E-state index in [-0.39, 0.29) is 24.3 Å². The Balaban J connectivity index is 1.72. The van der Waals surface area contributed by atoms with Crippen LogP contribution in [0.25, 0.3) is 5.69 Å². The van der Waals surface area contributed by atoms with Crippen molar-refractivity contribution in [3.8, 4) is 5.69 Å². The van der Waals surface area contributed by atoms with E-state index >= 15 is 0 Å². The van der Waals surface area contributed by atoms with Crippen LogP contribution in [0.3, 0.4) is 0 Å². The summed E-state index contributed by atoms with van der Waals surface area (Å²) in [6, 6.07) is 8.25. The minimum absolute atomic E-state index is 0.0595. The number of aromatic nitrogens is 2. The van der Waals surface area contributed by atoms with Gasteiger partial charge in [0.1, 0.15) is 0 Å². The van der Waals surface area contributed by atoms with Gasteiger partial charge in [-0.1, -0.05) is 17.7 Å². The van der Waals surface area contributed by atoms with Gasteiger partial charge in [0.2, 0.25) is 5.91 Å². The third-order valence-corrected chi connectivity index (χ3v) is 4.51. The second kappa shape index (κ2) is 7.72. The maximum atomic E-state index is 12.6. The number of hydrogen-bond donors (Lipinski definition) is 2. The molecule has 1 aromatic carbocycles. The molecule has 0 unspecified atom stereocenters. The molecule has 0 aliphatic heterocycles. The van der Waals surface area contributed by atoms with E-state index in [0.29, 0.717) is 12.2 Å². The highest BCUT2D eigenvalue weighted by Gasteiger charge is 2.26. The quantitative estimate of drug-likeness (QED) is 0.836. The normalized spacial score (nSPS) is 12.9. The standard InChI is InChI=1S/C20H26N4O2/c1-13(2)22-18(25)11-12-21-20(26)19-16-5-4-6-17(16)24(23-19)15-9-7-14(3)8-10-15/h7-10,13H,4-6,11-12H2,1-3H3,(H,21,26)(H,22,25). The number of fused-ring (bicyclic) bond motifs is 1. The fourth-order valence-corrected chi connectivity index (χ4v) is 3.29. The number of carbonyl (C=O) groups is 2. The maximum absolute atomic E-state index is 12.6. The molecular weight excluding hydrogens is 328 g/mol. The Bertz CT molecular complexity index is 806. The van der Waals surface area contributed by atoms with Gasteiger partial charge in [-0.25, -0.2) is 4.68 Å². The lowest BCUT2D eigenvalue weighted by Gasteiger charge is -2.08. The predicted molar refractivity (Wildman–Crippen MR) is 101 cm³/mol. The van der Waals surface area contributed by atoms with Crippen LogP contribution in [-0.4, -0.2) is 34.2 Å². The molecule has 6 nitrogen and oxygen atoms in total. The van der Waals surface area contributed by atoms with Crippen molar-refractivity contribution in [2.45, 2.75) is 52.5 Å². The summed E-state index contributed by atoms with van der Waals surface area (Å²) in [6.07, 6.45) is 3.11. The summed E-state index contributed by atoms with van der Waals surface area (Å²) >= 11 is 0. The van der Waals surface area contributed by atoms with Crippen molar-refractivity contribution in [3.63, 3.8) is 0 Å². The summed E-state index contributed by atoms with van der Waals surface area (Å²) in [4.78, 5) is 24.3. The van der Waals surface area contributed by atoms with Crippen LogP contribution in [0, 0.1) is 6.92 Å². The summed E-state index contributed by atoms with van der Waals surface area (Å²) in [5.41, 5.74) is 4.81. The Labute approximate surface area is 154 Å². The Kier molecular flexibility index (Phi) is 5.40. The van der Waals surface area contributed by atoms with Crippen LogP contribution < -0.4 is 10.6 Å². The van der Waals surface area contributed by atoms with Gasteiger partial charge >= 0.3 is 0 Å². The first kappa shape index (κ1) is 18.2. The molecule has 1 aliphatic rings. The monoisotopic (exact) mass is 354 g/mol. The Hall–Kier alpha value is -2.63. The van der Waals surface area contributed by atoms with Crippen molar-refractivity contribution in [2.75, 3.05) is 6.54 Å². The lowest BCUT2D eigenvalue weighted by atomic mass is 10.2. The van der Waals surface area contributed by atoms with E-state index in [2.05, 4.69) is 15.7 Å². The average Bonchev–Trinajstić information content (AvgIpc) is 3.17. The second-order valence-corrected chi connectivity index (χ2v) is 7.10. The van der Waals surface area contributed by atoms with Crippen molar-refractivity contribution in [2.24, 2.45) is 0 Å². The second-order valence-electron chi connectivity index (χ2n) is 7.10. The summed E-state index contributed by atoms with van der Waals surface area (Å²) in [7, 11) is 0. The highest BCUT2D eigenvalue weighted by Crippen LogP contribution is 2.27. The zero-order chi connectivity index (χ0) is 18.7. The maximum Gasteiger partial charge on any atom is 0.272 e. The van der Waals surface area contributed by atoms with Gasteiger partial charge < -0.3 is 10.6 Å². The molecule has 0 radical (unpaired) electrons. The van der Waals surface area contributed by atoms with E-state index in [9.17, 15) is 9.59 Å². The van der Waals surface area contributed by atoms with Gasteiger partial charge in [0.05, 0.1) is 5.69 Å². The number of carbonyl (C=O) groups excluding carboxylic acids is 2. The number of aryl methyl sites for hydroxylation is 1. The van der Waals surface area contributed by atoms with Crippen LogP contribution in [-0.2, 0) is 17.6 Å². The Morgan fingerprint density at radius 1 is 1.19 bits per heavy atom. The Morgan fingerprint density at radius 2 is 1.92 bits per heavy atom. The third kappa shape index (κ3) is 3.95. The first-order chi connectivity index (χ1) is 12.5. The first-order valence-electron chi connectivity index (χ1n) is 9.21.